The fraction of sp³-hybridized carbons (Fsp3) is 0.310. The molecule has 0 spiro atoms. The van der Waals surface area contributed by atoms with Gasteiger partial charge in [0.2, 0.25) is 0 Å². The van der Waals surface area contributed by atoms with Crippen molar-refractivity contribution >= 4 is 32.3 Å². The third kappa shape index (κ3) is 10.4. The van der Waals surface area contributed by atoms with E-state index >= 15 is 0 Å². The molecule has 0 radical (unpaired) electrons. The zero-order valence-corrected chi connectivity index (χ0v) is 35.1. The van der Waals surface area contributed by atoms with Crippen LogP contribution in [0.3, 0.4) is 0 Å². The number of unbranched alkanes of at least 4 members (excludes halogenated alkanes) is 9. The predicted octanol–water partition coefficient (Wildman–Crippen LogP) is 15.2. The van der Waals surface area contributed by atoms with Gasteiger partial charge in [-0.25, -0.2) is 0 Å². The smallest absolute Gasteiger partial charge is 0.0340 e. The maximum atomic E-state index is 3.61. The van der Waals surface area contributed by atoms with Crippen molar-refractivity contribution in [2.45, 2.75) is 117 Å². The van der Waals surface area contributed by atoms with Gasteiger partial charge in [0.05, 0.1) is 0 Å². The summed E-state index contributed by atoms with van der Waals surface area (Å²) < 4.78 is 0. The van der Waals surface area contributed by atoms with Crippen LogP contribution in [0.4, 0.5) is 0 Å². The largest absolute Gasteiger partial charge is 0.0654 e. The highest BCUT2D eigenvalue weighted by Gasteiger charge is 2.15. The van der Waals surface area contributed by atoms with E-state index in [-0.39, 0.29) is 0 Å². The summed E-state index contributed by atoms with van der Waals surface area (Å²) >= 11 is 0. The Morgan fingerprint density at radius 1 is 0.310 bits per heavy atom. The third-order valence-electron chi connectivity index (χ3n) is 11.6. The summed E-state index contributed by atoms with van der Waals surface area (Å²) in [6.07, 6.45) is 18.8. The fourth-order valence-electron chi connectivity index (χ4n) is 8.16. The highest BCUT2D eigenvalue weighted by molar-refractivity contribution is 6.25. The first-order valence-corrected chi connectivity index (χ1v) is 22.2. The molecule has 0 fully saturated rings. The van der Waals surface area contributed by atoms with Crippen LogP contribution in [0.2, 0.25) is 0 Å². The Bertz CT molecular complexity index is 2510. The molecule has 58 heavy (non-hydrogen) atoms. The van der Waals surface area contributed by atoms with Crippen LogP contribution in [0.25, 0.3) is 32.3 Å². The maximum absolute atomic E-state index is 3.61. The Hall–Kier alpha value is -5.74. The van der Waals surface area contributed by atoms with E-state index in [0.29, 0.717) is 0 Å². The molecule has 7 rings (SSSR count). The van der Waals surface area contributed by atoms with E-state index in [2.05, 4.69) is 172 Å². The lowest BCUT2D eigenvalue weighted by atomic mass is 9.88. The number of hydrogen-bond donors (Lipinski definition) is 0. The minimum absolute atomic E-state index is 1.00. The average molecular weight is 755 g/mol. The van der Waals surface area contributed by atoms with Gasteiger partial charge in [-0.3, -0.25) is 0 Å². The van der Waals surface area contributed by atoms with E-state index in [1.807, 2.05) is 0 Å². The number of aryl methyl sites for hydroxylation is 3. The standard InChI is InChI=1S/C58H58/c1-4-7-10-13-16-44-19-25-47(26-20-44)31-34-50-37-38-51-39-40-55-52(35-32-48-27-21-45(22-28-48)17-14-11-8-5-2)43-53(56-42-41-54(50)57(51)58(55)56)36-33-49-29-23-46(24-30-49)18-15-12-9-6-3/h19-30,37-43H,4-18H2,1-3H3. The van der Waals surface area contributed by atoms with Gasteiger partial charge < -0.3 is 0 Å². The average Bonchev–Trinajstić information content (AvgIpc) is 3.27. The lowest BCUT2D eigenvalue weighted by molar-refractivity contribution is 0.667. The van der Waals surface area contributed by atoms with Crippen LogP contribution in [0.15, 0.2) is 115 Å². The van der Waals surface area contributed by atoms with Crippen molar-refractivity contribution in [3.05, 3.63) is 165 Å². The first kappa shape index (κ1) is 40.5. The molecule has 0 saturated heterocycles. The van der Waals surface area contributed by atoms with Crippen LogP contribution in [0, 0.1) is 35.5 Å². The molecule has 7 aromatic carbocycles. The third-order valence-corrected chi connectivity index (χ3v) is 11.6. The molecule has 0 atom stereocenters. The zero-order chi connectivity index (χ0) is 39.9. The van der Waals surface area contributed by atoms with E-state index in [1.165, 1.54) is 115 Å². The van der Waals surface area contributed by atoms with E-state index < -0.39 is 0 Å². The minimum Gasteiger partial charge on any atom is -0.0654 e. The summed E-state index contributed by atoms with van der Waals surface area (Å²) in [5.41, 5.74) is 10.3. The Morgan fingerprint density at radius 3 is 1.09 bits per heavy atom. The first-order chi connectivity index (χ1) is 28.6. The van der Waals surface area contributed by atoms with Gasteiger partial charge in [0.1, 0.15) is 0 Å². The van der Waals surface area contributed by atoms with Crippen LogP contribution in [-0.4, -0.2) is 0 Å². The molecule has 0 aliphatic carbocycles. The molecule has 0 heteroatoms. The van der Waals surface area contributed by atoms with Crippen LogP contribution in [0.1, 0.15) is 148 Å². The number of hydrogen-bond acceptors (Lipinski definition) is 0. The van der Waals surface area contributed by atoms with E-state index in [1.54, 1.807) is 0 Å². The highest BCUT2D eigenvalue weighted by atomic mass is 14.2. The summed E-state index contributed by atoms with van der Waals surface area (Å²) in [7, 11) is 0. The predicted molar refractivity (Wildman–Crippen MR) is 251 cm³/mol. The summed E-state index contributed by atoms with van der Waals surface area (Å²) in [6.45, 7) is 6.80. The molecule has 7 aromatic rings. The summed E-state index contributed by atoms with van der Waals surface area (Å²) in [5.74, 6) is 21.3. The highest BCUT2D eigenvalue weighted by Crippen LogP contribution is 2.39. The van der Waals surface area contributed by atoms with Crippen LogP contribution >= 0.6 is 0 Å². The van der Waals surface area contributed by atoms with Crippen LogP contribution < -0.4 is 0 Å². The first-order valence-electron chi connectivity index (χ1n) is 22.2. The molecule has 0 N–H and O–H groups in total. The molecule has 0 aliphatic rings. The van der Waals surface area contributed by atoms with Crippen molar-refractivity contribution in [3.63, 3.8) is 0 Å². The molecule has 0 heterocycles. The van der Waals surface area contributed by atoms with Crippen LogP contribution in [-0.2, 0) is 19.3 Å². The second-order valence-electron chi connectivity index (χ2n) is 16.1. The maximum Gasteiger partial charge on any atom is 0.0340 e. The molecule has 0 nitrogen and oxygen atoms in total. The van der Waals surface area contributed by atoms with Gasteiger partial charge in [0, 0.05) is 33.4 Å². The lowest BCUT2D eigenvalue weighted by Crippen LogP contribution is -1.93. The quantitative estimate of drug-likeness (QED) is 0.0555. The van der Waals surface area contributed by atoms with Crippen molar-refractivity contribution in [1.82, 2.24) is 0 Å². The lowest BCUT2D eigenvalue weighted by Gasteiger charge is -2.14. The second-order valence-corrected chi connectivity index (χ2v) is 16.1. The SMILES string of the molecule is CCCCCCc1ccc(C#Cc2ccc3ccc4c(C#Cc5ccc(CCCCCC)cc5)cc(C#Cc5ccc(CCCCCC)cc5)c5ccc2c3c45)cc1. The van der Waals surface area contributed by atoms with E-state index in [9.17, 15) is 0 Å². The van der Waals surface area contributed by atoms with Gasteiger partial charge in [-0.1, -0.05) is 181 Å². The zero-order valence-electron chi connectivity index (χ0n) is 35.1. The van der Waals surface area contributed by atoms with E-state index in [4.69, 9.17) is 0 Å². The fourth-order valence-corrected chi connectivity index (χ4v) is 8.16. The molecule has 0 amide bonds. The van der Waals surface area contributed by atoms with Gasteiger partial charge in [0.15, 0.2) is 0 Å². The monoisotopic (exact) mass is 754 g/mol. The van der Waals surface area contributed by atoms with Crippen molar-refractivity contribution in [2.75, 3.05) is 0 Å². The Kier molecular flexibility index (Phi) is 14.4. The molecule has 0 saturated carbocycles. The topological polar surface area (TPSA) is 0 Å². The van der Waals surface area contributed by atoms with Crippen molar-refractivity contribution < 1.29 is 0 Å². The molecule has 0 aromatic heterocycles. The Morgan fingerprint density at radius 2 is 0.672 bits per heavy atom. The number of rotatable bonds is 15. The molecule has 290 valence electrons. The minimum atomic E-state index is 1.00. The molecule has 0 unspecified atom stereocenters. The molecular formula is C58H58. The molecular weight excluding hydrogens is 697 g/mol. The van der Waals surface area contributed by atoms with Crippen LogP contribution in [0.5, 0.6) is 0 Å². The summed E-state index contributed by atoms with van der Waals surface area (Å²) in [6, 6.07) is 42.2. The summed E-state index contributed by atoms with van der Waals surface area (Å²) in [4.78, 5) is 0. The number of benzene rings is 7. The molecule has 0 bridgehead atoms. The normalized spacial score (nSPS) is 10.9. The van der Waals surface area contributed by atoms with Gasteiger partial charge in [-0.05, 0) is 136 Å². The molecule has 0 aliphatic heterocycles. The van der Waals surface area contributed by atoms with Crippen molar-refractivity contribution in [2.24, 2.45) is 0 Å². The van der Waals surface area contributed by atoms with E-state index in [0.717, 1.165) is 63.4 Å². The summed E-state index contributed by atoms with van der Waals surface area (Å²) in [5, 5.41) is 7.14. The van der Waals surface area contributed by atoms with Gasteiger partial charge >= 0.3 is 0 Å². The Labute approximate surface area is 348 Å². The van der Waals surface area contributed by atoms with Crippen molar-refractivity contribution in [3.8, 4) is 35.5 Å². The van der Waals surface area contributed by atoms with Gasteiger partial charge in [-0.15, -0.1) is 0 Å². The van der Waals surface area contributed by atoms with Crippen molar-refractivity contribution in [1.29, 1.82) is 0 Å². The van der Waals surface area contributed by atoms with Gasteiger partial charge in [-0.2, -0.15) is 0 Å². The second kappa shape index (κ2) is 20.6. The van der Waals surface area contributed by atoms with Gasteiger partial charge in [0.25, 0.3) is 0 Å². The Balaban J connectivity index is 1.25.